The zero-order chi connectivity index (χ0) is 24.5. The van der Waals surface area contributed by atoms with Crippen molar-refractivity contribution in [1.29, 1.82) is 0 Å². The molecule has 1 aliphatic carbocycles. The number of nitrogens with zero attached hydrogens (tertiary/aromatic N) is 7. The van der Waals surface area contributed by atoms with Gasteiger partial charge >= 0.3 is 0 Å². The van der Waals surface area contributed by atoms with Crippen molar-refractivity contribution < 1.29 is 9.57 Å². The Morgan fingerprint density at radius 1 is 1.14 bits per heavy atom. The molecule has 4 heterocycles. The molecular weight excluding hydrogens is 454 g/mol. The topological polar surface area (TPSA) is 90.0 Å². The summed E-state index contributed by atoms with van der Waals surface area (Å²) < 4.78 is 7.29. The summed E-state index contributed by atoms with van der Waals surface area (Å²) in [5, 5.41) is 19.0. The molecule has 6 rings (SSSR count). The van der Waals surface area contributed by atoms with Gasteiger partial charge in [0.05, 0.1) is 18.7 Å². The van der Waals surface area contributed by atoms with Gasteiger partial charge < -0.3 is 9.57 Å². The summed E-state index contributed by atoms with van der Waals surface area (Å²) in [6.07, 6.45) is 4.46. The number of ether oxygens (including phenoxy) is 1. The molecule has 2 aliphatic rings. The van der Waals surface area contributed by atoms with Gasteiger partial charge in [-0.3, -0.25) is 9.88 Å². The second kappa shape index (κ2) is 9.91. The smallest absolute Gasteiger partial charge is 0.177 e. The maximum absolute atomic E-state index is 5.51. The summed E-state index contributed by atoms with van der Waals surface area (Å²) in [7, 11) is 0. The van der Waals surface area contributed by atoms with E-state index in [4.69, 9.17) is 19.7 Å². The Labute approximate surface area is 210 Å². The molecule has 1 saturated carbocycles. The second-order valence-electron chi connectivity index (χ2n) is 9.87. The zero-order valence-corrected chi connectivity index (χ0v) is 20.8. The molecular formula is C27H31N7O2. The maximum atomic E-state index is 5.51. The van der Waals surface area contributed by atoms with Crippen molar-refractivity contribution in [2.45, 2.75) is 39.2 Å². The Bertz CT molecular complexity index is 1410. The van der Waals surface area contributed by atoms with Crippen LogP contribution in [0.25, 0.3) is 16.6 Å². The van der Waals surface area contributed by atoms with Crippen LogP contribution in [0, 0.1) is 5.92 Å². The molecule has 0 bridgehead atoms. The molecule has 36 heavy (non-hydrogen) atoms. The first-order valence-electron chi connectivity index (χ1n) is 12.7. The van der Waals surface area contributed by atoms with E-state index < -0.39 is 0 Å². The van der Waals surface area contributed by atoms with Crippen molar-refractivity contribution >= 4 is 22.3 Å². The Morgan fingerprint density at radius 3 is 2.83 bits per heavy atom. The van der Waals surface area contributed by atoms with Gasteiger partial charge in [0.2, 0.25) is 0 Å². The van der Waals surface area contributed by atoms with Crippen LogP contribution in [0.4, 0.5) is 0 Å². The van der Waals surface area contributed by atoms with Crippen molar-refractivity contribution in [2.24, 2.45) is 11.1 Å². The van der Waals surface area contributed by atoms with Gasteiger partial charge in [0, 0.05) is 37.1 Å². The molecule has 0 radical (unpaired) electrons. The standard InChI is InChI=1S/C27H31N7O2/c1-18(22-5-6-25-23(14-22)13-21(15-28-25)16-33-9-11-35-12-10-33)27-30-29-26-8-7-24(31-34(26)27)19(2)32-36-17-20-3-4-20/h5-8,13-15,18,20H,3-4,9-12,16-17H2,1-2H3/b32-19+. The lowest BCUT2D eigenvalue weighted by molar-refractivity contribution is 0.0341. The minimum atomic E-state index is -0.00147. The van der Waals surface area contributed by atoms with Gasteiger partial charge in [0.25, 0.3) is 0 Å². The van der Waals surface area contributed by atoms with E-state index in [0.717, 1.165) is 66.5 Å². The van der Waals surface area contributed by atoms with Crippen LogP contribution < -0.4 is 0 Å². The Morgan fingerprint density at radius 2 is 2.00 bits per heavy atom. The van der Waals surface area contributed by atoms with Crippen LogP contribution in [-0.2, 0) is 16.1 Å². The molecule has 9 nitrogen and oxygen atoms in total. The number of oxime groups is 1. The molecule has 9 heteroatoms. The van der Waals surface area contributed by atoms with Gasteiger partial charge in [0.15, 0.2) is 11.5 Å². The first-order valence-corrected chi connectivity index (χ1v) is 12.7. The monoisotopic (exact) mass is 485 g/mol. The molecule has 4 aromatic rings. The number of pyridine rings is 1. The van der Waals surface area contributed by atoms with Crippen LogP contribution in [-0.4, -0.2) is 68.3 Å². The normalized spacial score (nSPS) is 18.1. The summed E-state index contributed by atoms with van der Waals surface area (Å²) in [5.41, 5.74) is 5.56. The fourth-order valence-electron chi connectivity index (χ4n) is 4.56. The molecule has 2 fully saturated rings. The van der Waals surface area contributed by atoms with Crippen molar-refractivity contribution in [3.05, 3.63) is 65.2 Å². The fraction of sp³-hybridized carbons (Fsp3) is 0.444. The number of hydrogen-bond acceptors (Lipinski definition) is 8. The van der Waals surface area contributed by atoms with Crippen molar-refractivity contribution in [1.82, 2.24) is 29.7 Å². The van der Waals surface area contributed by atoms with Gasteiger partial charge in [-0.1, -0.05) is 18.1 Å². The molecule has 1 saturated heterocycles. The predicted octanol–water partition coefficient (Wildman–Crippen LogP) is 3.81. The minimum Gasteiger partial charge on any atom is -0.395 e. The average Bonchev–Trinajstić information content (AvgIpc) is 3.64. The van der Waals surface area contributed by atoms with Crippen molar-refractivity contribution in [3.63, 3.8) is 0 Å². The predicted molar refractivity (Wildman–Crippen MR) is 137 cm³/mol. The lowest BCUT2D eigenvalue weighted by Gasteiger charge is -2.26. The SMILES string of the molecule is C/C(=N\OCC1CC1)c1ccc2nnc(C(C)c3ccc4ncc(CN5CCOCC5)cc4c3)n2n1. The number of fused-ring (bicyclic) bond motifs is 2. The summed E-state index contributed by atoms with van der Waals surface area (Å²) in [5.74, 6) is 1.45. The summed E-state index contributed by atoms with van der Waals surface area (Å²) in [4.78, 5) is 12.6. The largest absolute Gasteiger partial charge is 0.395 e. The molecule has 1 unspecified atom stereocenters. The van der Waals surface area contributed by atoms with Crippen molar-refractivity contribution in [3.8, 4) is 0 Å². The van der Waals surface area contributed by atoms with E-state index in [1.165, 1.54) is 18.4 Å². The van der Waals surface area contributed by atoms with Crippen LogP contribution >= 0.6 is 0 Å². The average molecular weight is 486 g/mol. The van der Waals surface area contributed by atoms with Crippen LogP contribution in [0.1, 0.15) is 55.3 Å². The number of hydrogen-bond donors (Lipinski definition) is 0. The number of rotatable bonds is 8. The molecule has 1 atom stereocenters. The van der Waals surface area contributed by atoms with Crippen molar-refractivity contribution in [2.75, 3.05) is 32.9 Å². The third-order valence-corrected chi connectivity index (χ3v) is 7.03. The van der Waals surface area contributed by atoms with Gasteiger partial charge in [-0.2, -0.15) is 9.61 Å². The molecule has 3 aromatic heterocycles. The lowest BCUT2D eigenvalue weighted by Crippen LogP contribution is -2.35. The van der Waals surface area contributed by atoms with Gasteiger partial charge in [-0.05, 0) is 67.1 Å². The molecule has 0 spiro atoms. The van der Waals surface area contributed by atoms with Crippen LogP contribution in [0.3, 0.4) is 0 Å². The number of morpholine rings is 1. The maximum Gasteiger partial charge on any atom is 0.177 e. The zero-order valence-electron chi connectivity index (χ0n) is 20.8. The summed E-state index contributed by atoms with van der Waals surface area (Å²) in [6.45, 7) is 9.13. The highest BCUT2D eigenvalue weighted by atomic mass is 16.6. The molecule has 1 aliphatic heterocycles. The van der Waals surface area contributed by atoms with E-state index >= 15 is 0 Å². The number of aromatic nitrogens is 5. The lowest BCUT2D eigenvalue weighted by atomic mass is 9.98. The third-order valence-electron chi connectivity index (χ3n) is 7.03. The molecule has 186 valence electrons. The van der Waals surface area contributed by atoms with Crippen LogP contribution in [0.15, 0.2) is 47.8 Å². The van der Waals surface area contributed by atoms with Crippen LogP contribution in [0.5, 0.6) is 0 Å². The molecule has 0 N–H and O–H groups in total. The van der Waals surface area contributed by atoms with E-state index in [1.807, 2.05) is 29.8 Å². The first kappa shape index (κ1) is 23.0. The van der Waals surface area contributed by atoms with E-state index in [0.29, 0.717) is 18.2 Å². The van der Waals surface area contributed by atoms with Crippen LogP contribution in [0.2, 0.25) is 0 Å². The summed E-state index contributed by atoms with van der Waals surface area (Å²) in [6, 6.07) is 12.5. The minimum absolute atomic E-state index is 0.00147. The highest BCUT2D eigenvalue weighted by Crippen LogP contribution is 2.29. The highest BCUT2D eigenvalue weighted by Gasteiger charge is 2.22. The van der Waals surface area contributed by atoms with Gasteiger partial charge in [-0.25, -0.2) is 0 Å². The molecule has 0 amide bonds. The first-order chi connectivity index (χ1) is 17.6. The van der Waals surface area contributed by atoms with Gasteiger partial charge in [0.1, 0.15) is 18.0 Å². The van der Waals surface area contributed by atoms with E-state index in [1.54, 1.807) is 0 Å². The Hall–Kier alpha value is -3.43. The quantitative estimate of drug-likeness (QED) is 0.277. The second-order valence-corrected chi connectivity index (χ2v) is 9.87. The molecule has 1 aromatic carbocycles. The van der Waals surface area contributed by atoms with Gasteiger partial charge in [-0.15, -0.1) is 10.2 Å². The van der Waals surface area contributed by atoms with E-state index in [-0.39, 0.29) is 5.92 Å². The highest BCUT2D eigenvalue weighted by molar-refractivity contribution is 5.96. The number of benzene rings is 1. The Balaban J connectivity index is 1.25. The van der Waals surface area contributed by atoms with E-state index in [2.05, 4.69) is 51.4 Å². The Kier molecular flexibility index (Phi) is 6.33. The summed E-state index contributed by atoms with van der Waals surface area (Å²) >= 11 is 0. The fourth-order valence-corrected chi connectivity index (χ4v) is 4.56. The third kappa shape index (κ3) is 4.94. The van der Waals surface area contributed by atoms with E-state index in [9.17, 15) is 0 Å².